The molecule has 0 aromatic carbocycles. The average molecular weight is 948 g/mol. The van der Waals surface area contributed by atoms with Gasteiger partial charge in [-0.1, -0.05) is 0 Å². The third-order valence-electron chi connectivity index (χ3n) is 2.29. The molecule has 0 amide bonds. The molecule has 0 radical (unpaired) electrons. The Balaban J connectivity index is 0.000000520. The topological polar surface area (TPSA) is 7.76 Å². The zero-order valence-corrected chi connectivity index (χ0v) is 23.7. The third-order valence-corrected chi connectivity index (χ3v) is 2.29. The molecule has 0 fully saturated rings. The summed E-state index contributed by atoms with van der Waals surface area (Å²) in [7, 11) is 4.05. The van der Waals surface area contributed by atoms with Crippen LogP contribution in [0.2, 0.25) is 0 Å². The van der Waals surface area contributed by atoms with Gasteiger partial charge in [-0.05, 0) is 11.1 Å². The first-order valence-electron chi connectivity index (χ1n) is 5.24. The predicted molar refractivity (Wildman–Crippen MR) is 110 cm³/mol. The van der Waals surface area contributed by atoms with E-state index >= 15 is 0 Å². The molecule has 0 aliphatic heterocycles. The Bertz CT molecular complexity index is 415. The van der Waals surface area contributed by atoms with Gasteiger partial charge in [0.15, 0.2) is 24.8 Å². The quantitative estimate of drug-likeness (QED) is 0.245. The van der Waals surface area contributed by atoms with Crippen LogP contribution in [0.4, 0.5) is 0 Å². The summed E-state index contributed by atoms with van der Waals surface area (Å²) < 4.78 is 4.07. The summed E-state index contributed by atoms with van der Waals surface area (Å²) >= 11 is 10.6. The molecule has 0 atom stereocenters. The average Bonchev–Trinajstić information content (AvgIpc) is 2.42. The van der Waals surface area contributed by atoms with Crippen molar-refractivity contribution in [2.75, 3.05) is 0 Å². The number of pyridine rings is 2. The van der Waals surface area contributed by atoms with Crippen LogP contribution in [0.15, 0.2) is 49.1 Å². The van der Waals surface area contributed by atoms with Crippen molar-refractivity contribution in [1.29, 1.82) is 0 Å². The van der Waals surface area contributed by atoms with Gasteiger partial charge >= 0.3 is 101 Å². The monoisotopic (exact) mass is 948 g/mol. The molecular formula is C12H14I6N2. The first kappa shape index (κ1) is 22.7. The van der Waals surface area contributed by atoms with Crippen LogP contribution in [-0.4, -0.2) is 0 Å². The number of aromatic nitrogens is 2. The predicted octanol–water partition coefficient (Wildman–Crippen LogP) is -1.45. The fourth-order valence-corrected chi connectivity index (χ4v) is 1.39. The number of aryl methyl sites for hydroxylation is 2. The number of hydrogen-bond donors (Lipinski definition) is 0. The van der Waals surface area contributed by atoms with Crippen LogP contribution in [0.25, 0.3) is 11.1 Å². The van der Waals surface area contributed by atoms with Crippen molar-refractivity contribution >= 4 is 74.5 Å². The zero-order chi connectivity index (χ0) is 15.4. The maximum atomic E-state index is 2.39. The van der Waals surface area contributed by atoms with E-state index in [0.717, 1.165) is 0 Å². The van der Waals surface area contributed by atoms with E-state index < -0.39 is 0 Å². The van der Waals surface area contributed by atoms with Gasteiger partial charge in [0.05, 0.1) is 0 Å². The molecule has 0 unspecified atom stereocenters. The molecule has 2 nitrogen and oxygen atoms in total. The first-order valence-corrected chi connectivity index (χ1v) is 30.4. The zero-order valence-electron chi connectivity index (χ0n) is 10.8. The molecule has 0 spiro atoms. The van der Waals surface area contributed by atoms with Crippen molar-refractivity contribution in [2.45, 2.75) is 0 Å². The molecule has 2 rings (SSSR count). The van der Waals surface area contributed by atoms with Crippen molar-refractivity contribution in [3.05, 3.63) is 49.1 Å². The minimum atomic E-state index is 0.530. The molecule has 2 aromatic heterocycles. The molecular weight excluding hydrogens is 934 g/mol. The Morgan fingerprint density at radius 1 is 0.650 bits per heavy atom. The number of rotatable bonds is 1. The molecule has 20 heavy (non-hydrogen) atoms. The number of halogens is 6. The number of nitrogens with zero attached hydrogens (tertiary/aromatic N) is 2. The minimum absolute atomic E-state index is 0.530. The SMILES string of the molecule is C[n+]1ccc(-c2cc[n+](C)cc2)cc1.I[I-]I.I[I-]I. The molecule has 0 saturated heterocycles. The van der Waals surface area contributed by atoms with Crippen LogP contribution in [0.1, 0.15) is 0 Å². The summed E-state index contributed by atoms with van der Waals surface area (Å²) in [4.78, 5) is 0. The van der Waals surface area contributed by atoms with Crippen molar-refractivity contribution in [1.82, 2.24) is 0 Å². The summed E-state index contributed by atoms with van der Waals surface area (Å²) in [6.07, 6.45) is 8.23. The summed E-state index contributed by atoms with van der Waals surface area (Å²) in [6.45, 7) is 0. The second-order valence-electron chi connectivity index (χ2n) is 3.61. The summed E-state index contributed by atoms with van der Waals surface area (Å²) in [5.74, 6) is 0. The van der Waals surface area contributed by atoms with Crippen LogP contribution in [0.5, 0.6) is 0 Å². The number of hydrogen-bond acceptors (Lipinski definition) is 0. The first-order chi connectivity index (χ1) is 9.58. The Morgan fingerprint density at radius 3 is 1.05 bits per heavy atom. The Hall–Kier alpha value is 2.68. The van der Waals surface area contributed by atoms with Gasteiger partial charge in [-0.3, -0.25) is 0 Å². The van der Waals surface area contributed by atoms with E-state index in [1.54, 1.807) is 0 Å². The van der Waals surface area contributed by atoms with Crippen molar-refractivity contribution in [3.63, 3.8) is 0 Å². The Kier molecular flexibility index (Phi) is 17.3. The fraction of sp³-hybridized carbons (Fsp3) is 0.167. The standard InChI is InChI=1S/C12H14N2.2I3/c1-13-7-3-11(4-8-13)12-5-9-14(2)10-6-12;2*1-3-2/h3-10H,1-2H3;;/q+2;2*-1. The van der Waals surface area contributed by atoms with Gasteiger partial charge in [-0.15, -0.1) is 0 Å². The Labute approximate surface area is 180 Å². The van der Waals surface area contributed by atoms with Gasteiger partial charge in [-0.2, -0.15) is 0 Å². The van der Waals surface area contributed by atoms with Crippen molar-refractivity contribution < 1.29 is 35.6 Å². The van der Waals surface area contributed by atoms with E-state index in [-0.39, 0.29) is 0 Å². The molecule has 0 bridgehead atoms. The van der Waals surface area contributed by atoms with Crippen LogP contribution in [-0.2, 0) is 14.1 Å². The molecule has 2 aromatic rings. The molecule has 0 N–H and O–H groups in total. The van der Waals surface area contributed by atoms with E-state index in [2.05, 4.69) is 124 Å². The molecule has 114 valence electrons. The molecule has 0 aliphatic carbocycles. The molecule has 0 aliphatic rings. The van der Waals surface area contributed by atoms with Gasteiger partial charge in [0.1, 0.15) is 14.1 Å². The fourth-order valence-electron chi connectivity index (χ4n) is 1.39. The van der Waals surface area contributed by atoms with Gasteiger partial charge in [0.2, 0.25) is 0 Å². The summed E-state index contributed by atoms with van der Waals surface area (Å²) in [5.41, 5.74) is 2.51. The molecule has 2 heterocycles. The van der Waals surface area contributed by atoms with Crippen LogP contribution in [0.3, 0.4) is 0 Å². The third kappa shape index (κ3) is 11.3. The van der Waals surface area contributed by atoms with Gasteiger partial charge < -0.3 is 0 Å². The Morgan fingerprint density at radius 2 is 0.850 bits per heavy atom. The van der Waals surface area contributed by atoms with Crippen LogP contribution < -0.4 is 35.6 Å². The van der Waals surface area contributed by atoms with Gasteiger partial charge in [0, 0.05) is 24.3 Å². The van der Waals surface area contributed by atoms with E-state index in [1.807, 2.05) is 23.2 Å². The summed E-state index contributed by atoms with van der Waals surface area (Å²) in [5, 5.41) is 0. The van der Waals surface area contributed by atoms with Crippen LogP contribution in [0, 0.1) is 0 Å². The normalized spacial score (nSPS) is 9.30. The van der Waals surface area contributed by atoms with E-state index in [4.69, 9.17) is 0 Å². The second-order valence-corrected chi connectivity index (χ2v) is 36.1. The van der Waals surface area contributed by atoms with Crippen LogP contribution >= 0.6 is 74.5 Å². The molecule has 8 heteroatoms. The molecule has 0 saturated carbocycles. The second kappa shape index (κ2) is 15.2. The summed E-state index contributed by atoms with van der Waals surface area (Å²) in [6, 6.07) is 8.48. The van der Waals surface area contributed by atoms with Crippen molar-refractivity contribution in [3.8, 4) is 11.1 Å². The van der Waals surface area contributed by atoms with E-state index in [9.17, 15) is 0 Å². The maximum absolute atomic E-state index is 2.39. The van der Waals surface area contributed by atoms with Gasteiger partial charge in [0.25, 0.3) is 0 Å². The van der Waals surface area contributed by atoms with E-state index in [1.165, 1.54) is 11.1 Å². The van der Waals surface area contributed by atoms with Gasteiger partial charge in [-0.25, -0.2) is 9.13 Å². The van der Waals surface area contributed by atoms with Crippen molar-refractivity contribution in [2.24, 2.45) is 14.1 Å². The van der Waals surface area contributed by atoms with E-state index in [0.29, 0.717) is 26.5 Å².